The molecule has 21 heavy (non-hydrogen) atoms. The summed E-state index contributed by atoms with van der Waals surface area (Å²) in [5, 5.41) is 0. The molecule has 0 saturated carbocycles. The minimum Gasteiger partial charge on any atom is -0.363 e. The molecule has 0 spiro atoms. The van der Waals surface area contributed by atoms with Crippen molar-refractivity contribution < 1.29 is 0 Å². The lowest BCUT2D eigenvalue weighted by Gasteiger charge is -2.16. The van der Waals surface area contributed by atoms with Crippen LogP contribution in [0.3, 0.4) is 0 Å². The summed E-state index contributed by atoms with van der Waals surface area (Å²) in [4.78, 5) is 16.4. The molecule has 2 heterocycles. The summed E-state index contributed by atoms with van der Waals surface area (Å²) in [5.41, 5.74) is 3.20. The topological polar surface area (TPSA) is 48.0 Å². The van der Waals surface area contributed by atoms with Crippen LogP contribution in [0, 0.1) is 0 Å². The number of hydrogen-bond acceptors (Lipinski definition) is 4. The first-order chi connectivity index (χ1) is 10.1. The Bertz CT molecular complexity index is 697. The summed E-state index contributed by atoms with van der Waals surface area (Å²) in [6, 6.07) is 12.2. The monoisotopic (exact) mass is 281 g/mol. The Balaban J connectivity index is 1.77. The largest absolute Gasteiger partial charge is 0.363 e. The fourth-order valence-electron chi connectivity index (χ4n) is 2.24. The van der Waals surface area contributed by atoms with Crippen molar-refractivity contribution in [1.29, 1.82) is 0 Å². The van der Waals surface area contributed by atoms with Gasteiger partial charge >= 0.3 is 0 Å². The number of rotatable bonds is 4. The van der Waals surface area contributed by atoms with Crippen molar-refractivity contribution in [3.05, 3.63) is 48.2 Å². The van der Waals surface area contributed by atoms with Gasteiger partial charge in [0.2, 0.25) is 5.95 Å². The van der Waals surface area contributed by atoms with E-state index in [1.165, 1.54) is 0 Å². The van der Waals surface area contributed by atoms with Gasteiger partial charge in [-0.3, -0.25) is 0 Å². The van der Waals surface area contributed by atoms with Crippen molar-refractivity contribution in [3.8, 4) is 0 Å². The maximum Gasteiger partial charge on any atom is 0.203 e. The molecule has 1 N–H and O–H groups in total. The van der Waals surface area contributed by atoms with Crippen LogP contribution in [-0.2, 0) is 6.54 Å². The van der Waals surface area contributed by atoms with E-state index in [0.717, 1.165) is 34.9 Å². The summed E-state index contributed by atoms with van der Waals surface area (Å²) in [7, 11) is 6.00. The molecule has 0 aliphatic carbocycles. The number of nitrogens with zero attached hydrogens (tertiary/aromatic N) is 4. The lowest BCUT2D eigenvalue weighted by atomic mass is 10.2. The lowest BCUT2D eigenvalue weighted by molar-refractivity contribution is 0.877. The van der Waals surface area contributed by atoms with E-state index in [-0.39, 0.29) is 0 Å². The molecule has 2 aromatic heterocycles. The number of anilines is 2. The highest BCUT2D eigenvalue weighted by molar-refractivity contribution is 5.77. The second kappa shape index (κ2) is 5.44. The first kappa shape index (κ1) is 13.4. The van der Waals surface area contributed by atoms with Gasteiger partial charge in [0.25, 0.3) is 0 Å². The Hall–Kier alpha value is -2.56. The third kappa shape index (κ3) is 2.81. The maximum atomic E-state index is 4.60. The highest BCUT2D eigenvalue weighted by atomic mass is 15.2. The lowest BCUT2D eigenvalue weighted by Crippen LogP contribution is -2.18. The zero-order valence-electron chi connectivity index (χ0n) is 12.5. The van der Waals surface area contributed by atoms with Gasteiger partial charge in [-0.15, -0.1) is 0 Å². The number of imidazole rings is 1. The van der Waals surface area contributed by atoms with E-state index < -0.39 is 0 Å². The van der Waals surface area contributed by atoms with Gasteiger partial charge in [-0.05, 0) is 23.8 Å². The normalized spacial score (nSPS) is 10.8. The molecular formula is C16H19N5. The average Bonchev–Trinajstić information content (AvgIpc) is 2.92. The van der Waals surface area contributed by atoms with Gasteiger partial charge < -0.3 is 14.8 Å². The summed E-state index contributed by atoms with van der Waals surface area (Å²) in [6.45, 7) is 0.764. The van der Waals surface area contributed by atoms with Crippen LogP contribution in [0.1, 0.15) is 5.56 Å². The molecule has 5 nitrogen and oxygen atoms in total. The number of fused-ring (bicyclic) bond motifs is 1. The van der Waals surface area contributed by atoms with Gasteiger partial charge in [0.15, 0.2) is 0 Å². The first-order valence-corrected chi connectivity index (χ1v) is 6.91. The van der Waals surface area contributed by atoms with Gasteiger partial charge in [-0.2, -0.15) is 0 Å². The number of pyridine rings is 1. The van der Waals surface area contributed by atoms with E-state index in [1.54, 1.807) is 0 Å². The summed E-state index contributed by atoms with van der Waals surface area (Å²) in [6.07, 6.45) is 1.91. The van der Waals surface area contributed by atoms with E-state index in [0.29, 0.717) is 0 Å². The molecule has 0 unspecified atom stereocenters. The molecule has 0 bridgehead atoms. The third-order valence-corrected chi connectivity index (χ3v) is 3.43. The zero-order chi connectivity index (χ0) is 14.8. The van der Waals surface area contributed by atoms with Crippen molar-refractivity contribution >= 4 is 22.8 Å². The summed E-state index contributed by atoms with van der Waals surface area (Å²) in [5.74, 6) is 1.83. The van der Waals surface area contributed by atoms with Gasteiger partial charge in [0, 0.05) is 33.9 Å². The Kier molecular flexibility index (Phi) is 3.48. The standard InChI is InChI=1S/C16H19N5/c1-20(2)15-9-8-12(10-17-15)11-21(3)16-18-13-6-4-5-7-14(13)19-16/h4-10H,11H2,1-3H3,(H,18,19). The molecule has 0 radical (unpaired) electrons. The van der Waals surface area contributed by atoms with E-state index in [1.807, 2.05) is 62.6 Å². The smallest absolute Gasteiger partial charge is 0.203 e. The molecule has 0 fully saturated rings. The predicted octanol–water partition coefficient (Wildman–Crippen LogP) is 2.66. The second-order valence-electron chi connectivity index (χ2n) is 5.35. The van der Waals surface area contributed by atoms with Crippen LogP contribution in [0.2, 0.25) is 0 Å². The van der Waals surface area contributed by atoms with Crippen LogP contribution in [-0.4, -0.2) is 36.1 Å². The number of nitrogens with one attached hydrogen (secondary N) is 1. The van der Waals surface area contributed by atoms with E-state index >= 15 is 0 Å². The number of H-pyrrole nitrogens is 1. The molecule has 0 amide bonds. The fraction of sp³-hybridized carbons (Fsp3) is 0.250. The van der Waals surface area contributed by atoms with Crippen molar-refractivity contribution in [2.24, 2.45) is 0 Å². The molecule has 3 rings (SSSR count). The number of aromatic amines is 1. The van der Waals surface area contributed by atoms with E-state index in [9.17, 15) is 0 Å². The summed E-state index contributed by atoms with van der Waals surface area (Å²) < 4.78 is 0. The number of aromatic nitrogens is 3. The van der Waals surface area contributed by atoms with Crippen LogP contribution in [0.5, 0.6) is 0 Å². The zero-order valence-corrected chi connectivity index (χ0v) is 12.5. The second-order valence-corrected chi connectivity index (χ2v) is 5.35. The van der Waals surface area contributed by atoms with Gasteiger partial charge in [-0.25, -0.2) is 9.97 Å². The van der Waals surface area contributed by atoms with E-state index in [2.05, 4.69) is 25.9 Å². The SMILES string of the molecule is CN(C)c1ccc(CN(C)c2nc3ccccc3[nH]2)cn1. The highest BCUT2D eigenvalue weighted by Gasteiger charge is 2.08. The Morgan fingerprint density at radius 2 is 1.86 bits per heavy atom. The molecule has 108 valence electrons. The first-order valence-electron chi connectivity index (χ1n) is 6.91. The Morgan fingerprint density at radius 1 is 1.05 bits per heavy atom. The minimum atomic E-state index is 0.764. The van der Waals surface area contributed by atoms with Crippen molar-refractivity contribution in [2.75, 3.05) is 30.9 Å². The highest BCUT2D eigenvalue weighted by Crippen LogP contribution is 2.18. The maximum absolute atomic E-state index is 4.60. The van der Waals surface area contributed by atoms with Crippen LogP contribution in [0.25, 0.3) is 11.0 Å². The van der Waals surface area contributed by atoms with E-state index in [4.69, 9.17) is 0 Å². The van der Waals surface area contributed by atoms with Crippen molar-refractivity contribution in [3.63, 3.8) is 0 Å². The van der Waals surface area contributed by atoms with Crippen molar-refractivity contribution in [1.82, 2.24) is 15.0 Å². The summed E-state index contributed by atoms with van der Waals surface area (Å²) >= 11 is 0. The van der Waals surface area contributed by atoms with Gasteiger partial charge in [-0.1, -0.05) is 18.2 Å². The van der Waals surface area contributed by atoms with Gasteiger partial charge in [0.1, 0.15) is 5.82 Å². The average molecular weight is 281 g/mol. The molecule has 0 aliphatic heterocycles. The predicted molar refractivity (Wildman–Crippen MR) is 86.8 cm³/mol. The van der Waals surface area contributed by atoms with Gasteiger partial charge in [0.05, 0.1) is 11.0 Å². The molecular weight excluding hydrogens is 262 g/mol. The van der Waals surface area contributed by atoms with Crippen molar-refractivity contribution in [2.45, 2.75) is 6.54 Å². The molecule has 0 saturated heterocycles. The quantitative estimate of drug-likeness (QED) is 0.798. The third-order valence-electron chi connectivity index (χ3n) is 3.43. The molecule has 1 aromatic carbocycles. The van der Waals surface area contributed by atoms with Crippen LogP contribution in [0.4, 0.5) is 11.8 Å². The minimum absolute atomic E-state index is 0.764. The molecule has 0 atom stereocenters. The Morgan fingerprint density at radius 3 is 2.52 bits per heavy atom. The molecule has 3 aromatic rings. The fourth-order valence-corrected chi connectivity index (χ4v) is 2.24. The molecule has 0 aliphatic rings. The number of hydrogen-bond donors (Lipinski definition) is 1. The van der Waals surface area contributed by atoms with Crippen LogP contribution in [0.15, 0.2) is 42.6 Å². The molecule has 5 heteroatoms. The van der Waals surface area contributed by atoms with Crippen LogP contribution >= 0.6 is 0 Å². The Labute approximate surface area is 124 Å². The van der Waals surface area contributed by atoms with Crippen LogP contribution < -0.4 is 9.80 Å². The number of benzene rings is 1. The number of para-hydroxylation sites is 2.